The van der Waals surface area contributed by atoms with Crippen molar-refractivity contribution in [2.75, 3.05) is 19.6 Å². The van der Waals surface area contributed by atoms with Gasteiger partial charge in [0.25, 0.3) is 0 Å². The fraction of sp³-hybridized carbons (Fsp3) is 0.684. The van der Waals surface area contributed by atoms with Gasteiger partial charge in [0.05, 0.1) is 6.10 Å². The highest BCUT2D eigenvalue weighted by atomic mass is 16.3. The molecule has 2 rings (SSSR count). The third-order valence-electron chi connectivity index (χ3n) is 5.44. The molecule has 0 amide bonds. The molecule has 0 spiro atoms. The molecule has 1 N–H and O–H groups in total. The van der Waals surface area contributed by atoms with Gasteiger partial charge in [-0.25, -0.2) is 0 Å². The van der Waals surface area contributed by atoms with Crippen LogP contribution in [0.4, 0.5) is 0 Å². The van der Waals surface area contributed by atoms with E-state index in [-0.39, 0.29) is 6.10 Å². The maximum absolute atomic E-state index is 10.5. The Morgan fingerprint density at radius 3 is 2.14 bits per heavy atom. The first-order chi connectivity index (χ1) is 9.99. The van der Waals surface area contributed by atoms with Gasteiger partial charge in [0.15, 0.2) is 0 Å². The largest absolute Gasteiger partial charge is 0.387 e. The number of aliphatic hydroxyl groups excluding tert-OH is 1. The van der Waals surface area contributed by atoms with Crippen LogP contribution in [0.25, 0.3) is 0 Å². The lowest BCUT2D eigenvalue weighted by Crippen LogP contribution is -2.30. The molecule has 2 heteroatoms. The Morgan fingerprint density at radius 2 is 1.67 bits per heavy atom. The average molecular weight is 289 g/mol. The van der Waals surface area contributed by atoms with E-state index in [1.165, 1.54) is 24.8 Å². The van der Waals surface area contributed by atoms with Gasteiger partial charge in [0.2, 0.25) is 0 Å². The van der Waals surface area contributed by atoms with Crippen molar-refractivity contribution in [1.82, 2.24) is 4.90 Å². The van der Waals surface area contributed by atoms with E-state index in [2.05, 4.69) is 56.9 Å². The van der Waals surface area contributed by atoms with Gasteiger partial charge in [-0.05, 0) is 48.3 Å². The van der Waals surface area contributed by atoms with E-state index in [1.54, 1.807) is 0 Å². The van der Waals surface area contributed by atoms with Crippen molar-refractivity contribution >= 4 is 0 Å². The van der Waals surface area contributed by atoms with Crippen LogP contribution in [0.15, 0.2) is 24.3 Å². The second kappa shape index (κ2) is 6.93. The van der Waals surface area contributed by atoms with Gasteiger partial charge in [-0.15, -0.1) is 0 Å². The average Bonchev–Trinajstić information content (AvgIpc) is 2.91. The summed E-state index contributed by atoms with van der Waals surface area (Å²) in [6.07, 6.45) is 3.41. The molecule has 0 bridgehead atoms. The summed E-state index contributed by atoms with van der Waals surface area (Å²) in [7, 11) is 0. The minimum Gasteiger partial charge on any atom is -0.387 e. The molecule has 2 nitrogen and oxygen atoms in total. The lowest BCUT2D eigenvalue weighted by molar-refractivity contribution is 0.117. The summed E-state index contributed by atoms with van der Waals surface area (Å²) in [6.45, 7) is 12.0. The van der Waals surface area contributed by atoms with Crippen LogP contribution >= 0.6 is 0 Å². The number of hydrogen-bond donors (Lipinski definition) is 1. The van der Waals surface area contributed by atoms with Gasteiger partial charge >= 0.3 is 0 Å². The zero-order valence-corrected chi connectivity index (χ0v) is 14.1. The number of likely N-dealkylation sites (tertiary alicyclic amines) is 1. The molecule has 1 fully saturated rings. The van der Waals surface area contributed by atoms with Gasteiger partial charge in [0.1, 0.15) is 0 Å². The van der Waals surface area contributed by atoms with E-state index in [4.69, 9.17) is 0 Å². The minimum atomic E-state index is -0.365. The van der Waals surface area contributed by atoms with E-state index >= 15 is 0 Å². The lowest BCUT2D eigenvalue weighted by atomic mass is 9.82. The fourth-order valence-corrected chi connectivity index (χ4v) is 3.46. The second-order valence-electron chi connectivity index (χ2n) is 7.03. The maximum Gasteiger partial charge on any atom is 0.0916 e. The van der Waals surface area contributed by atoms with E-state index < -0.39 is 0 Å². The summed E-state index contributed by atoms with van der Waals surface area (Å²) >= 11 is 0. The molecule has 0 radical (unpaired) electrons. The van der Waals surface area contributed by atoms with Crippen LogP contribution in [0.3, 0.4) is 0 Å². The predicted octanol–water partition coefficient (Wildman–Crippen LogP) is 4.36. The smallest absolute Gasteiger partial charge is 0.0916 e. The molecule has 1 saturated heterocycles. The summed E-state index contributed by atoms with van der Waals surface area (Å²) in [5.74, 6) is 0.546. The third-order valence-corrected chi connectivity index (χ3v) is 5.44. The molecule has 21 heavy (non-hydrogen) atoms. The molecule has 1 unspecified atom stereocenters. The number of β-amino-alcohol motifs (C(OH)–C–C–N with tert-alkyl or cyclic N) is 1. The van der Waals surface area contributed by atoms with Crippen LogP contribution in [0, 0.1) is 5.41 Å². The molecule has 1 atom stereocenters. The number of benzene rings is 1. The van der Waals surface area contributed by atoms with Gasteiger partial charge in [-0.2, -0.15) is 0 Å². The zero-order valence-electron chi connectivity index (χ0n) is 14.1. The van der Waals surface area contributed by atoms with Crippen LogP contribution in [-0.4, -0.2) is 29.6 Å². The SMILES string of the molecule is CCC1(CC)CCN(CC(O)c2ccc(C(C)C)cc2)C1. The molecule has 0 aromatic heterocycles. The van der Waals surface area contributed by atoms with E-state index in [0.29, 0.717) is 11.3 Å². The molecule has 1 heterocycles. The van der Waals surface area contributed by atoms with Crippen molar-refractivity contribution in [3.8, 4) is 0 Å². The number of aliphatic hydroxyl groups is 1. The number of hydrogen-bond acceptors (Lipinski definition) is 2. The van der Waals surface area contributed by atoms with Crippen molar-refractivity contribution in [2.24, 2.45) is 5.41 Å². The fourth-order valence-electron chi connectivity index (χ4n) is 3.46. The normalized spacial score (nSPS) is 20.1. The topological polar surface area (TPSA) is 23.5 Å². The van der Waals surface area contributed by atoms with Crippen molar-refractivity contribution in [2.45, 2.75) is 59.0 Å². The monoisotopic (exact) mass is 289 g/mol. The Bertz CT molecular complexity index is 433. The molecule has 1 aliphatic heterocycles. The van der Waals surface area contributed by atoms with Gasteiger partial charge < -0.3 is 5.11 Å². The summed E-state index contributed by atoms with van der Waals surface area (Å²) in [5.41, 5.74) is 2.87. The summed E-state index contributed by atoms with van der Waals surface area (Å²) in [4.78, 5) is 2.44. The van der Waals surface area contributed by atoms with Crippen molar-refractivity contribution < 1.29 is 5.11 Å². The Balaban J connectivity index is 1.94. The van der Waals surface area contributed by atoms with Crippen LogP contribution in [0.5, 0.6) is 0 Å². The summed E-state index contributed by atoms with van der Waals surface area (Å²) in [6, 6.07) is 8.47. The van der Waals surface area contributed by atoms with E-state index in [0.717, 1.165) is 25.2 Å². The van der Waals surface area contributed by atoms with Crippen LogP contribution in [-0.2, 0) is 0 Å². The quantitative estimate of drug-likeness (QED) is 0.841. The lowest BCUT2D eigenvalue weighted by Gasteiger charge is -2.27. The second-order valence-corrected chi connectivity index (χ2v) is 7.03. The number of rotatable bonds is 6. The van der Waals surface area contributed by atoms with Crippen LogP contribution in [0.1, 0.15) is 70.1 Å². The molecular formula is C19H31NO. The molecular weight excluding hydrogens is 258 g/mol. The standard InChI is InChI=1S/C19H31NO/c1-5-19(6-2)11-12-20(14-19)13-18(21)17-9-7-16(8-10-17)15(3)4/h7-10,15,18,21H,5-6,11-14H2,1-4H3. The first-order valence-corrected chi connectivity index (χ1v) is 8.50. The molecule has 1 aromatic carbocycles. The highest BCUT2D eigenvalue weighted by Gasteiger charge is 2.35. The highest BCUT2D eigenvalue weighted by Crippen LogP contribution is 2.37. The van der Waals surface area contributed by atoms with Crippen molar-refractivity contribution in [3.05, 3.63) is 35.4 Å². The minimum absolute atomic E-state index is 0.365. The maximum atomic E-state index is 10.5. The van der Waals surface area contributed by atoms with Gasteiger partial charge in [0, 0.05) is 13.1 Å². The van der Waals surface area contributed by atoms with E-state index in [1.807, 2.05) is 0 Å². The molecule has 0 aliphatic carbocycles. The molecule has 1 aromatic rings. The Kier molecular flexibility index (Phi) is 5.45. The van der Waals surface area contributed by atoms with Crippen molar-refractivity contribution in [3.63, 3.8) is 0 Å². The molecule has 0 saturated carbocycles. The van der Waals surface area contributed by atoms with Crippen molar-refractivity contribution in [1.29, 1.82) is 0 Å². The first-order valence-electron chi connectivity index (χ1n) is 8.50. The van der Waals surface area contributed by atoms with Crippen LogP contribution < -0.4 is 0 Å². The number of nitrogens with zero attached hydrogens (tertiary/aromatic N) is 1. The highest BCUT2D eigenvalue weighted by molar-refractivity contribution is 5.26. The Morgan fingerprint density at radius 1 is 1.10 bits per heavy atom. The summed E-state index contributed by atoms with van der Waals surface area (Å²) < 4.78 is 0. The predicted molar refractivity (Wildman–Crippen MR) is 89.6 cm³/mol. The molecule has 1 aliphatic rings. The van der Waals surface area contributed by atoms with Crippen LogP contribution in [0.2, 0.25) is 0 Å². The third kappa shape index (κ3) is 3.87. The van der Waals surface area contributed by atoms with E-state index in [9.17, 15) is 5.11 Å². The first kappa shape index (κ1) is 16.5. The zero-order chi connectivity index (χ0) is 15.5. The summed E-state index contributed by atoms with van der Waals surface area (Å²) in [5, 5.41) is 10.5. The Hall–Kier alpha value is -0.860. The molecule has 118 valence electrons. The Labute approximate surface area is 130 Å². The van der Waals surface area contributed by atoms with Gasteiger partial charge in [-0.1, -0.05) is 52.0 Å². The van der Waals surface area contributed by atoms with Gasteiger partial charge in [-0.3, -0.25) is 4.90 Å².